The van der Waals surface area contributed by atoms with E-state index in [1.165, 1.54) is 7.11 Å². The number of methoxy groups -OCH3 is 1. The van der Waals surface area contributed by atoms with Gasteiger partial charge in [0.25, 0.3) is 5.91 Å². The molecule has 4 aromatic carbocycles. The average Bonchev–Trinajstić information content (AvgIpc) is 4.11. The van der Waals surface area contributed by atoms with Gasteiger partial charge in [0.05, 0.1) is 43.0 Å². The molecule has 59 heavy (non-hydrogen) atoms. The van der Waals surface area contributed by atoms with Crippen molar-refractivity contribution >= 4 is 40.5 Å². The predicted octanol–water partition coefficient (Wildman–Crippen LogP) is 8.47. The van der Waals surface area contributed by atoms with Crippen LogP contribution in [0.25, 0.3) is 33.6 Å². The Morgan fingerprint density at radius 1 is 0.712 bits per heavy atom. The number of aromatic amines is 2. The number of carbonyl (C=O) groups excluding carboxylic acids is 3. The minimum atomic E-state index is -0.883. The smallest absolute Gasteiger partial charge is 0.407 e. The Hall–Kier alpha value is -5.80. The van der Waals surface area contributed by atoms with Crippen LogP contribution in [-0.4, -0.2) is 86.8 Å². The zero-order chi connectivity index (χ0) is 41.0. The van der Waals surface area contributed by atoms with Gasteiger partial charge < -0.3 is 29.8 Å². The van der Waals surface area contributed by atoms with Crippen LogP contribution in [0, 0.1) is 3.57 Å². The number of likely N-dealkylation sites (N-methyl/N-ethyl adjacent to an activating group) is 1. The number of H-pyrrole nitrogens is 2. The standard InChI is InChI=1S/C46H47IN8O4/c1-53(2)41(33-11-5-4-6-12-33)45(57)55-26-10-16-39(55)43-49-28-37(51-43)32-23-19-30(20-24-32)29-17-21-31(22-18-29)36-27-48-42(50-36)38-15-9-25-54(38)44(56)40(52-46(58)59-3)34-13-7-8-14-35(34)47/h4-8,11-14,17-24,27-28,38-41H,9-10,15-16,25-26H2,1-3H3,(H,48,50)(H,49,51)(H,52,58)/t38-,39-,40+,41+/m0/s1. The molecule has 0 spiro atoms. The SMILES string of the molecule is COC(=O)N[C@@H](C(=O)N1CCC[C@H]1c1ncc(-c2ccc(-c3ccc(-c4cnc([C@@H]5CCCN5C(=O)[C@@H](c5ccccc5)N(C)C)[nH]4)cc3)cc2)[nH]1)c1ccccc1I. The highest BCUT2D eigenvalue weighted by atomic mass is 127. The van der Waals surface area contributed by atoms with Crippen molar-refractivity contribution in [2.24, 2.45) is 0 Å². The average molecular weight is 903 g/mol. The van der Waals surface area contributed by atoms with Crippen LogP contribution in [0.4, 0.5) is 4.79 Å². The lowest BCUT2D eigenvalue weighted by Gasteiger charge is -2.31. The fraction of sp³-hybridized carbons (Fsp3) is 0.283. The zero-order valence-corrected chi connectivity index (χ0v) is 35.4. The molecule has 13 heteroatoms. The van der Waals surface area contributed by atoms with Crippen LogP contribution in [0.3, 0.4) is 0 Å². The molecule has 3 N–H and O–H groups in total. The van der Waals surface area contributed by atoms with E-state index in [1.807, 2.05) is 90.9 Å². The second-order valence-corrected chi connectivity index (χ2v) is 16.4. The van der Waals surface area contributed by atoms with Crippen molar-refractivity contribution in [2.45, 2.75) is 49.9 Å². The summed E-state index contributed by atoms with van der Waals surface area (Å²) in [5.74, 6) is 1.42. The van der Waals surface area contributed by atoms with Crippen molar-refractivity contribution in [3.8, 4) is 33.6 Å². The Morgan fingerprint density at radius 3 is 1.71 bits per heavy atom. The molecule has 2 aliphatic heterocycles. The number of alkyl carbamates (subject to hydrolysis) is 1. The molecule has 4 heterocycles. The van der Waals surface area contributed by atoms with Crippen LogP contribution >= 0.6 is 22.6 Å². The molecule has 8 rings (SSSR count). The summed E-state index contributed by atoms with van der Waals surface area (Å²) < 4.78 is 5.75. The number of nitrogens with zero attached hydrogens (tertiary/aromatic N) is 5. The van der Waals surface area contributed by atoms with Crippen molar-refractivity contribution in [1.82, 2.24) is 40.0 Å². The number of nitrogens with one attached hydrogen (secondary N) is 3. The van der Waals surface area contributed by atoms with Gasteiger partial charge in [-0.15, -0.1) is 0 Å². The molecule has 0 bridgehead atoms. The minimum absolute atomic E-state index is 0.0934. The van der Waals surface area contributed by atoms with Gasteiger partial charge in [-0.05, 0) is 102 Å². The molecule has 2 fully saturated rings. The number of imidazole rings is 2. The molecule has 2 aliphatic rings. The van der Waals surface area contributed by atoms with E-state index in [1.54, 1.807) is 4.90 Å². The second kappa shape index (κ2) is 17.6. The van der Waals surface area contributed by atoms with Gasteiger partial charge in [0.15, 0.2) is 0 Å². The van der Waals surface area contributed by atoms with Crippen molar-refractivity contribution in [3.63, 3.8) is 0 Å². The third kappa shape index (κ3) is 8.39. The van der Waals surface area contributed by atoms with E-state index < -0.39 is 12.1 Å². The van der Waals surface area contributed by atoms with Crippen molar-refractivity contribution in [1.29, 1.82) is 0 Å². The molecule has 0 saturated carbocycles. The number of amides is 3. The van der Waals surface area contributed by atoms with E-state index in [4.69, 9.17) is 14.7 Å². The van der Waals surface area contributed by atoms with Crippen molar-refractivity contribution in [2.75, 3.05) is 34.3 Å². The summed E-state index contributed by atoms with van der Waals surface area (Å²) in [7, 11) is 5.19. The topological polar surface area (TPSA) is 140 Å². The quantitative estimate of drug-likeness (QED) is 0.111. The van der Waals surface area contributed by atoms with Gasteiger partial charge in [-0.1, -0.05) is 97.1 Å². The predicted molar refractivity (Wildman–Crippen MR) is 235 cm³/mol. The molecular weight excluding hydrogens is 855 g/mol. The lowest BCUT2D eigenvalue weighted by Crippen LogP contribution is -2.43. The van der Waals surface area contributed by atoms with Gasteiger partial charge in [-0.25, -0.2) is 14.8 Å². The molecule has 2 aromatic heterocycles. The Labute approximate surface area is 357 Å². The Balaban J connectivity index is 0.933. The van der Waals surface area contributed by atoms with Gasteiger partial charge in [-0.3, -0.25) is 14.5 Å². The van der Waals surface area contributed by atoms with Crippen LogP contribution in [0.2, 0.25) is 0 Å². The molecule has 2 saturated heterocycles. The van der Waals surface area contributed by atoms with E-state index >= 15 is 0 Å². The van der Waals surface area contributed by atoms with Crippen LogP contribution in [0.1, 0.15) is 72.6 Å². The second-order valence-electron chi connectivity index (χ2n) is 15.3. The summed E-state index contributed by atoms with van der Waals surface area (Å²) in [6.07, 6.45) is 6.40. The monoisotopic (exact) mass is 902 g/mol. The molecule has 302 valence electrons. The van der Waals surface area contributed by atoms with E-state index in [0.29, 0.717) is 18.9 Å². The number of carbonyl (C=O) groups is 3. The van der Waals surface area contributed by atoms with Crippen molar-refractivity contribution < 1.29 is 19.1 Å². The number of rotatable bonds is 11. The van der Waals surface area contributed by atoms with Gasteiger partial charge in [0, 0.05) is 16.7 Å². The van der Waals surface area contributed by atoms with Gasteiger partial charge in [0.1, 0.15) is 23.7 Å². The highest BCUT2D eigenvalue weighted by Crippen LogP contribution is 2.37. The van der Waals surface area contributed by atoms with E-state index in [-0.39, 0.29) is 29.9 Å². The van der Waals surface area contributed by atoms with Crippen LogP contribution in [0.5, 0.6) is 0 Å². The molecule has 3 amide bonds. The molecule has 0 unspecified atom stereocenters. The van der Waals surface area contributed by atoms with E-state index in [2.05, 4.69) is 86.4 Å². The van der Waals surface area contributed by atoms with Crippen LogP contribution in [-0.2, 0) is 14.3 Å². The maximum absolute atomic E-state index is 14.0. The summed E-state index contributed by atoms with van der Waals surface area (Å²) in [4.78, 5) is 62.6. The largest absolute Gasteiger partial charge is 0.453 e. The van der Waals surface area contributed by atoms with Crippen molar-refractivity contribution in [3.05, 3.63) is 142 Å². The van der Waals surface area contributed by atoms with E-state index in [9.17, 15) is 14.4 Å². The summed E-state index contributed by atoms with van der Waals surface area (Å²) in [5, 5.41) is 2.75. The molecule has 12 nitrogen and oxygen atoms in total. The Bertz CT molecular complexity index is 2410. The number of likely N-dealkylation sites (tertiary alicyclic amines) is 2. The molecule has 4 atom stereocenters. The number of benzene rings is 4. The third-order valence-corrected chi connectivity index (χ3v) is 12.4. The molecule has 6 aromatic rings. The lowest BCUT2D eigenvalue weighted by atomic mass is 10.0. The van der Waals surface area contributed by atoms with Gasteiger partial charge in [0.2, 0.25) is 5.91 Å². The summed E-state index contributed by atoms with van der Waals surface area (Å²) >= 11 is 2.18. The number of hydrogen-bond donors (Lipinski definition) is 3. The number of ether oxygens (including phenoxy) is 1. The highest BCUT2D eigenvalue weighted by molar-refractivity contribution is 14.1. The van der Waals surface area contributed by atoms with Gasteiger partial charge >= 0.3 is 6.09 Å². The maximum atomic E-state index is 14.0. The normalized spacial score (nSPS) is 17.6. The first kappa shape index (κ1) is 40.0. The molecule has 0 aliphatic carbocycles. The first-order valence-corrected chi connectivity index (χ1v) is 21.0. The summed E-state index contributed by atoms with van der Waals surface area (Å²) in [5.41, 5.74) is 7.63. The Kier molecular flexibility index (Phi) is 11.9. The maximum Gasteiger partial charge on any atom is 0.407 e. The minimum Gasteiger partial charge on any atom is -0.453 e. The summed E-state index contributed by atoms with van der Waals surface area (Å²) in [6, 6.07) is 32.6. The first-order chi connectivity index (χ1) is 28.7. The zero-order valence-electron chi connectivity index (χ0n) is 33.3. The summed E-state index contributed by atoms with van der Waals surface area (Å²) in [6.45, 7) is 1.27. The lowest BCUT2D eigenvalue weighted by molar-refractivity contribution is -0.137. The van der Waals surface area contributed by atoms with Crippen LogP contribution in [0.15, 0.2) is 116 Å². The Morgan fingerprint density at radius 2 is 1.20 bits per heavy atom. The van der Waals surface area contributed by atoms with E-state index in [0.717, 1.165) is 79.8 Å². The first-order valence-electron chi connectivity index (χ1n) is 19.9. The third-order valence-electron chi connectivity index (χ3n) is 11.4. The highest BCUT2D eigenvalue weighted by Gasteiger charge is 2.39. The van der Waals surface area contributed by atoms with Gasteiger partial charge in [-0.2, -0.15) is 0 Å². The number of aromatic nitrogens is 4. The fourth-order valence-corrected chi connectivity index (χ4v) is 9.10. The fourth-order valence-electron chi connectivity index (χ4n) is 8.40. The molecule has 0 radical (unpaired) electrons. The van der Waals surface area contributed by atoms with Crippen LogP contribution < -0.4 is 5.32 Å². The molecular formula is C46H47IN8O4. The number of hydrogen-bond acceptors (Lipinski definition) is 7. The number of halogens is 1.